The molecule has 110 valence electrons. The molecule has 4 nitrogen and oxygen atoms in total. The molecule has 0 radical (unpaired) electrons. The van der Waals surface area contributed by atoms with Crippen molar-refractivity contribution in [3.05, 3.63) is 62.6 Å². The average Bonchev–Trinajstić information content (AvgIpc) is 2.89. The van der Waals surface area contributed by atoms with Gasteiger partial charge in [0.2, 0.25) is 0 Å². The maximum Gasteiger partial charge on any atom is 0.301 e. The molecule has 0 saturated carbocycles. The van der Waals surface area contributed by atoms with Gasteiger partial charge in [0.25, 0.3) is 0 Å². The molecule has 22 heavy (non-hydrogen) atoms. The van der Waals surface area contributed by atoms with Crippen LogP contribution in [-0.2, 0) is 0 Å². The standard InChI is InChI=1S/C14H8N2O2S4/c17-16(18)10-7-4-8-15-12(10)20-14-11(13(19)21-22-14)9-5-2-1-3-6-9/h1-8H. The monoisotopic (exact) mass is 364 g/mol. The Hall–Kier alpha value is -1.61. The van der Waals surface area contributed by atoms with Crippen molar-refractivity contribution in [3.63, 3.8) is 0 Å². The van der Waals surface area contributed by atoms with Gasteiger partial charge >= 0.3 is 5.69 Å². The summed E-state index contributed by atoms with van der Waals surface area (Å²) in [5.74, 6) is 0. The number of aromatic nitrogens is 1. The molecule has 0 aliphatic heterocycles. The largest absolute Gasteiger partial charge is 0.301 e. The van der Waals surface area contributed by atoms with Crippen LogP contribution in [0.5, 0.6) is 0 Å². The Bertz CT molecular complexity index is 874. The van der Waals surface area contributed by atoms with Crippen LogP contribution in [0.25, 0.3) is 11.1 Å². The molecule has 2 aromatic heterocycles. The van der Waals surface area contributed by atoms with E-state index < -0.39 is 4.92 Å². The highest BCUT2D eigenvalue weighted by atomic mass is 32.9. The normalized spacial score (nSPS) is 10.5. The number of benzene rings is 1. The number of hydrogen-bond acceptors (Lipinski definition) is 7. The predicted octanol–water partition coefficient (Wildman–Crippen LogP) is 5.66. The van der Waals surface area contributed by atoms with Gasteiger partial charge in [-0.25, -0.2) is 4.98 Å². The van der Waals surface area contributed by atoms with Gasteiger partial charge in [0, 0.05) is 17.8 Å². The Balaban J connectivity index is 2.05. The fraction of sp³-hybridized carbons (Fsp3) is 0. The first-order valence-electron chi connectivity index (χ1n) is 6.12. The molecule has 3 rings (SSSR count). The second-order valence-electron chi connectivity index (χ2n) is 4.17. The van der Waals surface area contributed by atoms with Crippen LogP contribution in [0.4, 0.5) is 5.69 Å². The number of pyridine rings is 1. The third-order valence-electron chi connectivity index (χ3n) is 2.80. The van der Waals surface area contributed by atoms with Crippen molar-refractivity contribution < 1.29 is 4.92 Å². The van der Waals surface area contributed by atoms with Crippen LogP contribution >= 0.6 is 44.7 Å². The van der Waals surface area contributed by atoms with E-state index in [1.54, 1.807) is 12.3 Å². The van der Waals surface area contributed by atoms with Gasteiger partial charge in [-0.05, 0) is 11.6 Å². The van der Waals surface area contributed by atoms with Crippen molar-refractivity contribution in [3.8, 4) is 11.1 Å². The van der Waals surface area contributed by atoms with Crippen molar-refractivity contribution in [2.24, 2.45) is 0 Å². The zero-order valence-electron chi connectivity index (χ0n) is 11.0. The number of hydrogen-bond donors (Lipinski definition) is 0. The van der Waals surface area contributed by atoms with E-state index in [0.717, 1.165) is 19.2 Å². The van der Waals surface area contributed by atoms with Crippen LogP contribution in [0.2, 0.25) is 0 Å². The van der Waals surface area contributed by atoms with E-state index in [1.807, 2.05) is 30.3 Å². The average molecular weight is 364 g/mol. The lowest BCUT2D eigenvalue weighted by Gasteiger charge is -2.03. The number of nitrogens with zero attached hydrogens (tertiary/aromatic N) is 2. The molecular weight excluding hydrogens is 356 g/mol. The molecule has 0 amide bonds. The van der Waals surface area contributed by atoms with Gasteiger partial charge < -0.3 is 0 Å². The first-order chi connectivity index (χ1) is 10.7. The van der Waals surface area contributed by atoms with Crippen LogP contribution in [0.1, 0.15) is 0 Å². The molecule has 0 aliphatic rings. The lowest BCUT2D eigenvalue weighted by Crippen LogP contribution is -1.92. The van der Waals surface area contributed by atoms with Crippen LogP contribution in [-0.4, -0.2) is 9.91 Å². The molecular formula is C14H8N2O2S4. The lowest BCUT2D eigenvalue weighted by atomic mass is 10.1. The van der Waals surface area contributed by atoms with Crippen LogP contribution in [0.15, 0.2) is 57.9 Å². The van der Waals surface area contributed by atoms with Gasteiger partial charge in [-0.3, -0.25) is 10.1 Å². The van der Waals surface area contributed by atoms with E-state index in [2.05, 4.69) is 4.98 Å². The molecule has 0 atom stereocenters. The molecule has 0 aliphatic carbocycles. The summed E-state index contributed by atoms with van der Waals surface area (Å²) in [6, 6.07) is 12.8. The molecule has 0 N–H and O–H groups in total. The molecule has 3 aromatic rings. The maximum absolute atomic E-state index is 11.1. The van der Waals surface area contributed by atoms with E-state index in [-0.39, 0.29) is 5.69 Å². The highest BCUT2D eigenvalue weighted by Crippen LogP contribution is 2.44. The van der Waals surface area contributed by atoms with E-state index in [1.165, 1.54) is 38.5 Å². The molecule has 2 heterocycles. The van der Waals surface area contributed by atoms with Gasteiger partial charge in [0.1, 0.15) is 3.82 Å². The summed E-state index contributed by atoms with van der Waals surface area (Å²) >= 11 is 6.71. The van der Waals surface area contributed by atoms with Crippen molar-refractivity contribution >= 4 is 50.3 Å². The van der Waals surface area contributed by atoms with Crippen LogP contribution in [0.3, 0.4) is 0 Å². The SMILES string of the molecule is O=[N+]([O-])c1cccnc1Sc1ssc(=S)c1-c1ccccc1. The zero-order chi connectivity index (χ0) is 15.5. The summed E-state index contributed by atoms with van der Waals surface area (Å²) in [6.45, 7) is 0. The Labute approximate surface area is 143 Å². The molecule has 0 bridgehead atoms. The maximum atomic E-state index is 11.1. The fourth-order valence-electron chi connectivity index (χ4n) is 1.84. The molecule has 0 spiro atoms. The Morgan fingerprint density at radius 3 is 2.64 bits per heavy atom. The molecule has 0 fully saturated rings. The van der Waals surface area contributed by atoms with Crippen LogP contribution < -0.4 is 0 Å². The molecule has 1 aromatic carbocycles. The molecule has 0 saturated heterocycles. The summed E-state index contributed by atoms with van der Waals surface area (Å²) < 4.78 is 1.72. The predicted molar refractivity (Wildman–Crippen MR) is 93.5 cm³/mol. The molecule has 8 heteroatoms. The minimum atomic E-state index is -0.414. The first kappa shape index (κ1) is 15.3. The topological polar surface area (TPSA) is 56.0 Å². The second kappa shape index (κ2) is 6.66. The van der Waals surface area contributed by atoms with Crippen molar-refractivity contribution in [2.45, 2.75) is 9.24 Å². The summed E-state index contributed by atoms with van der Waals surface area (Å²) in [5.41, 5.74) is 1.98. The minimum absolute atomic E-state index is 0.0100. The van der Waals surface area contributed by atoms with Crippen molar-refractivity contribution in [1.82, 2.24) is 4.98 Å². The highest BCUT2D eigenvalue weighted by molar-refractivity contribution is 8.03. The van der Waals surface area contributed by atoms with E-state index in [4.69, 9.17) is 12.2 Å². The summed E-state index contributed by atoms with van der Waals surface area (Å²) in [6.07, 6.45) is 1.56. The Morgan fingerprint density at radius 2 is 1.91 bits per heavy atom. The minimum Gasteiger partial charge on any atom is -0.258 e. The smallest absolute Gasteiger partial charge is 0.258 e. The fourth-order valence-corrected chi connectivity index (χ4v) is 6.18. The van der Waals surface area contributed by atoms with Crippen molar-refractivity contribution in [2.75, 3.05) is 0 Å². The third kappa shape index (κ3) is 3.09. The summed E-state index contributed by atoms with van der Waals surface area (Å²) in [4.78, 5) is 14.8. The summed E-state index contributed by atoms with van der Waals surface area (Å²) in [5, 5.41) is 11.5. The van der Waals surface area contributed by atoms with Gasteiger partial charge in [-0.2, -0.15) is 0 Å². The molecule has 0 unspecified atom stereocenters. The quantitative estimate of drug-likeness (QED) is 0.259. The zero-order valence-corrected chi connectivity index (χ0v) is 14.2. The van der Waals surface area contributed by atoms with Gasteiger partial charge in [-0.15, -0.1) is 0 Å². The summed E-state index contributed by atoms with van der Waals surface area (Å²) in [7, 11) is 3.02. The Morgan fingerprint density at radius 1 is 1.14 bits per heavy atom. The second-order valence-corrected chi connectivity index (χ2v) is 8.24. The number of rotatable bonds is 4. The van der Waals surface area contributed by atoms with Crippen molar-refractivity contribution in [1.29, 1.82) is 0 Å². The third-order valence-corrected chi connectivity index (χ3v) is 7.33. The van der Waals surface area contributed by atoms with E-state index in [0.29, 0.717) is 5.03 Å². The Kier molecular flexibility index (Phi) is 4.63. The van der Waals surface area contributed by atoms with E-state index in [9.17, 15) is 10.1 Å². The van der Waals surface area contributed by atoms with Crippen LogP contribution in [0, 0.1) is 13.9 Å². The van der Waals surface area contributed by atoms with E-state index >= 15 is 0 Å². The first-order valence-corrected chi connectivity index (χ1v) is 9.50. The lowest BCUT2D eigenvalue weighted by molar-refractivity contribution is -0.388. The number of nitro groups is 1. The van der Waals surface area contributed by atoms with Gasteiger partial charge in [0.05, 0.1) is 9.13 Å². The van der Waals surface area contributed by atoms with Gasteiger partial charge in [0.15, 0.2) is 5.03 Å². The highest BCUT2D eigenvalue weighted by Gasteiger charge is 2.19. The van der Waals surface area contributed by atoms with Gasteiger partial charge in [-0.1, -0.05) is 75.0 Å².